The number of hydrogen-bond acceptors (Lipinski definition) is 4. The van der Waals surface area contributed by atoms with Gasteiger partial charge in [0.15, 0.2) is 9.84 Å². The number of nitrogens with zero attached hydrogens (tertiary/aromatic N) is 1. The third kappa shape index (κ3) is 4.21. The van der Waals surface area contributed by atoms with E-state index in [1.54, 1.807) is 0 Å². The molecule has 82 valence electrons. The van der Waals surface area contributed by atoms with Gasteiger partial charge in [-0.25, -0.2) is 8.42 Å². The zero-order chi connectivity index (χ0) is 10.4. The Labute approximate surface area is 85.9 Å². The van der Waals surface area contributed by atoms with Crippen LogP contribution in [-0.4, -0.2) is 51.8 Å². The summed E-state index contributed by atoms with van der Waals surface area (Å²) < 4.78 is 22.2. The molecule has 1 heterocycles. The molecule has 0 saturated carbocycles. The molecule has 0 radical (unpaired) electrons. The van der Waals surface area contributed by atoms with Crippen LogP contribution in [0.3, 0.4) is 0 Å². The van der Waals surface area contributed by atoms with Gasteiger partial charge in [0, 0.05) is 31.6 Å². The van der Waals surface area contributed by atoms with E-state index in [2.05, 4.69) is 16.8 Å². The zero-order valence-electron chi connectivity index (χ0n) is 8.41. The molecule has 1 aliphatic rings. The smallest absolute Gasteiger partial charge is 0.171 e. The molecule has 0 unspecified atom stereocenters. The summed E-state index contributed by atoms with van der Waals surface area (Å²) in [5.74, 6) is 0.223. The molecule has 0 aromatic rings. The molecule has 4 nitrogen and oxygen atoms in total. The van der Waals surface area contributed by atoms with E-state index in [4.69, 9.17) is 0 Å². The second-order valence-electron chi connectivity index (χ2n) is 3.48. The molecule has 5 heteroatoms. The van der Waals surface area contributed by atoms with Crippen LogP contribution in [0.2, 0.25) is 0 Å². The quantitative estimate of drug-likeness (QED) is 0.696. The SMILES string of the molecule is C=CS(=O)(=O)CCCN1CCNCC1. The van der Waals surface area contributed by atoms with Crippen LogP contribution in [0.25, 0.3) is 0 Å². The van der Waals surface area contributed by atoms with Crippen LogP contribution in [-0.2, 0) is 9.84 Å². The van der Waals surface area contributed by atoms with Crippen LogP contribution in [0.15, 0.2) is 12.0 Å². The van der Waals surface area contributed by atoms with Crippen LogP contribution in [0.1, 0.15) is 6.42 Å². The molecule has 0 aromatic heterocycles. The van der Waals surface area contributed by atoms with Crippen molar-refractivity contribution in [1.82, 2.24) is 10.2 Å². The summed E-state index contributed by atoms with van der Waals surface area (Å²) >= 11 is 0. The fraction of sp³-hybridized carbons (Fsp3) is 0.778. The van der Waals surface area contributed by atoms with E-state index in [0.717, 1.165) is 38.1 Å². The first-order chi connectivity index (χ1) is 6.64. The Morgan fingerprint density at radius 1 is 1.36 bits per heavy atom. The van der Waals surface area contributed by atoms with Crippen LogP contribution in [0, 0.1) is 0 Å². The summed E-state index contributed by atoms with van der Waals surface area (Å²) in [5.41, 5.74) is 0. The average molecular weight is 218 g/mol. The Kier molecular flexibility index (Phi) is 4.57. The molecule has 0 aliphatic carbocycles. The van der Waals surface area contributed by atoms with Gasteiger partial charge in [-0.3, -0.25) is 0 Å². The van der Waals surface area contributed by atoms with Gasteiger partial charge in [0.05, 0.1) is 5.75 Å². The molecule has 14 heavy (non-hydrogen) atoms. The van der Waals surface area contributed by atoms with Crippen molar-refractivity contribution in [2.45, 2.75) is 6.42 Å². The van der Waals surface area contributed by atoms with Gasteiger partial charge in [-0.05, 0) is 13.0 Å². The highest BCUT2D eigenvalue weighted by molar-refractivity contribution is 7.94. The van der Waals surface area contributed by atoms with Gasteiger partial charge in [0.2, 0.25) is 0 Å². The Morgan fingerprint density at radius 2 is 2.00 bits per heavy atom. The third-order valence-electron chi connectivity index (χ3n) is 2.37. The lowest BCUT2D eigenvalue weighted by molar-refractivity contribution is 0.242. The van der Waals surface area contributed by atoms with Gasteiger partial charge < -0.3 is 10.2 Å². The van der Waals surface area contributed by atoms with E-state index in [0.29, 0.717) is 6.42 Å². The molecule has 1 aliphatic heterocycles. The second kappa shape index (κ2) is 5.48. The second-order valence-corrected chi connectivity index (χ2v) is 5.55. The van der Waals surface area contributed by atoms with Gasteiger partial charge in [0.25, 0.3) is 0 Å². The van der Waals surface area contributed by atoms with Crippen molar-refractivity contribution < 1.29 is 8.42 Å². The lowest BCUT2D eigenvalue weighted by Gasteiger charge is -2.26. The lowest BCUT2D eigenvalue weighted by Crippen LogP contribution is -2.44. The molecule has 1 N–H and O–H groups in total. The lowest BCUT2D eigenvalue weighted by atomic mass is 10.3. The van der Waals surface area contributed by atoms with Gasteiger partial charge in [-0.2, -0.15) is 0 Å². The van der Waals surface area contributed by atoms with E-state index in [-0.39, 0.29) is 5.75 Å². The summed E-state index contributed by atoms with van der Waals surface area (Å²) in [7, 11) is -3.00. The third-order valence-corrected chi connectivity index (χ3v) is 3.73. The topological polar surface area (TPSA) is 49.4 Å². The van der Waals surface area contributed by atoms with Crippen molar-refractivity contribution in [2.24, 2.45) is 0 Å². The summed E-state index contributed by atoms with van der Waals surface area (Å²) in [6.07, 6.45) is 0.703. The van der Waals surface area contributed by atoms with Gasteiger partial charge >= 0.3 is 0 Å². The molecule has 1 saturated heterocycles. The van der Waals surface area contributed by atoms with Crippen LogP contribution in [0.4, 0.5) is 0 Å². The van der Waals surface area contributed by atoms with Gasteiger partial charge in [-0.15, -0.1) is 0 Å². The standard InChI is InChI=1S/C9H18N2O2S/c1-2-14(12,13)9-3-6-11-7-4-10-5-8-11/h2,10H,1,3-9H2. The maximum absolute atomic E-state index is 11.1. The van der Waals surface area contributed by atoms with Gasteiger partial charge in [0.1, 0.15) is 0 Å². The minimum absolute atomic E-state index is 0.223. The average Bonchev–Trinajstić information content (AvgIpc) is 2.19. The minimum atomic E-state index is -3.00. The van der Waals surface area contributed by atoms with Crippen LogP contribution >= 0.6 is 0 Å². The molecule has 0 bridgehead atoms. The Hall–Kier alpha value is -0.390. The van der Waals surface area contributed by atoms with E-state index >= 15 is 0 Å². The predicted octanol–water partition coefficient (Wildman–Crippen LogP) is -0.160. The van der Waals surface area contributed by atoms with Crippen molar-refractivity contribution in [3.8, 4) is 0 Å². The zero-order valence-corrected chi connectivity index (χ0v) is 9.22. The van der Waals surface area contributed by atoms with E-state index < -0.39 is 9.84 Å². The van der Waals surface area contributed by atoms with Gasteiger partial charge in [-0.1, -0.05) is 6.58 Å². The monoisotopic (exact) mass is 218 g/mol. The number of sulfone groups is 1. The Bertz CT molecular complexity index is 269. The number of piperazine rings is 1. The highest BCUT2D eigenvalue weighted by Gasteiger charge is 2.10. The van der Waals surface area contributed by atoms with E-state index in [9.17, 15) is 8.42 Å². The fourth-order valence-electron chi connectivity index (χ4n) is 1.51. The van der Waals surface area contributed by atoms with Crippen molar-refractivity contribution in [2.75, 3.05) is 38.5 Å². The number of rotatable bonds is 5. The summed E-state index contributed by atoms with van der Waals surface area (Å²) in [5, 5.41) is 4.30. The first-order valence-electron chi connectivity index (χ1n) is 4.92. The minimum Gasteiger partial charge on any atom is -0.314 e. The summed E-state index contributed by atoms with van der Waals surface area (Å²) in [6.45, 7) is 8.22. The number of nitrogens with one attached hydrogen (secondary N) is 1. The molecule has 1 fully saturated rings. The predicted molar refractivity (Wildman–Crippen MR) is 57.9 cm³/mol. The van der Waals surface area contributed by atoms with Crippen LogP contribution < -0.4 is 5.32 Å². The Morgan fingerprint density at radius 3 is 2.57 bits per heavy atom. The van der Waals surface area contributed by atoms with Crippen molar-refractivity contribution in [3.05, 3.63) is 12.0 Å². The first kappa shape index (κ1) is 11.7. The van der Waals surface area contributed by atoms with Crippen LogP contribution in [0.5, 0.6) is 0 Å². The Balaban J connectivity index is 2.17. The summed E-state index contributed by atoms with van der Waals surface area (Å²) in [6, 6.07) is 0. The molecule has 0 spiro atoms. The first-order valence-corrected chi connectivity index (χ1v) is 6.64. The normalized spacial score (nSPS) is 19.4. The molecule has 0 amide bonds. The van der Waals surface area contributed by atoms with Crippen molar-refractivity contribution in [1.29, 1.82) is 0 Å². The van der Waals surface area contributed by atoms with E-state index in [1.807, 2.05) is 0 Å². The van der Waals surface area contributed by atoms with E-state index in [1.165, 1.54) is 0 Å². The highest BCUT2D eigenvalue weighted by atomic mass is 32.2. The molecular weight excluding hydrogens is 200 g/mol. The fourth-order valence-corrected chi connectivity index (χ4v) is 2.21. The van der Waals surface area contributed by atoms with Crippen molar-refractivity contribution >= 4 is 9.84 Å². The largest absolute Gasteiger partial charge is 0.314 e. The maximum Gasteiger partial charge on any atom is 0.171 e. The number of hydrogen-bond donors (Lipinski definition) is 1. The molecular formula is C9H18N2O2S. The summed E-state index contributed by atoms with van der Waals surface area (Å²) in [4.78, 5) is 2.29. The molecule has 0 atom stereocenters. The molecule has 1 rings (SSSR count). The highest BCUT2D eigenvalue weighted by Crippen LogP contribution is 1.98. The maximum atomic E-state index is 11.1. The van der Waals surface area contributed by atoms with Crippen molar-refractivity contribution in [3.63, 3.8) is 0 Å². The molecule has 0 aromatic carbocycles.